The molecule has 1 atom stereocenters. The van der Waals surface area contributed by atoms with Crippen molar-refractivity contribution in [3.8, 4) is 0 Å². The smallest absolute Gasteiger partial charge is 0.00489 e. The van der Waals surface area contributed by atoms with E-state index in [9.17, 15) is 0 Å². The fourth-order valence-electron chi connectivity index (χ4n) is 2.93. The molecule has 1 nitrogen and oxygen atoms in total. The van der Waals surface area contributed by atoms with Crippen molar-refractivity contribution in [2.75, 3.05) is 6.54 Å². The summed E-state index contributed by atoms with van der Waals surface area (Å²) in [6.45, 7) is 7.79. The molecule has 2 N–H and O–H groups in total. The molecule has 19 heavy (non-hydrogen) atoms. The maximum atomic E-state index is 5.88. The molecule has 0 amide bonds. The number of hydrogen-bond acceptors (Lipinski definition) is 1. The second-order valence-electron chi connectivity index (χ2n) is 6.38. The van der Waals surface area contributed by atoms with Gasteiger partial charge in [0.15, 0.2) is 0 Å². The van der Waals surface area contributed by atoms with E-state index in [2.05, 4.69) is 20.8 Å². The van der Waals surface area contributed by atoms with E-state index < -0.39 is 0 Å². The maximum absolute atomic E-state index is 5.88. The quantitative estimate of drug-likeness (QED) is 0.389. The predicted octanol–water partition coefficient (Wildman–Crippen LogP) is 5.92. The molecule has 116 valence electrons. The van der Waals surface area contributed by atoms with E-state index in [1.165, 1.54) is 77.0 Å². The molecule has 0 unspecified atom stereocenters. The fourth-order valence-corrected chi connectivity index (χ4v) is 2.93. The van der Waals surface area contributed by atoms with E-state index in [-0.39, 0.29) is 0 Å². The summed E-state index contributed by atoms with van der Waals surface area (Å²) >= 11 is 0. The number of unbranched alkanes of at least 4 members (excludes halogenated alkanes) is 8. The monoisotopic (exact) mass is 269 g/mol. The van der Waals surface area contributed by atoms with Gasteiger partial charge in [0.1, 0.15) is 0 Å². The molecule has 0 aliphatic rings. The van der Waals surface area contributed by atoms with Crippen LogP contribution in [-0.4, -0.2) is 6.54 Å². The molecule has 0 bridgehead atoms. The molecular weight excluding hydrogens is 230 g/mol. The van der Waals surface area contributed by atoms with Gasteiger partial charge in [-0.1, -0.05) is 97.8 Å². The highest BCUT2D eigenvalue weighted by Crippen LogP contribution is 2.25. The molecule has 0 aromatic carbocycles. The van der Waals surface area contributed by atoms with Gasteiger partial charge < -0.3 is 5.73 Å². The first-order chi connectivity index (χ1) is 9.26. The lowest BCUT2D eigenvalue weighted by atomic mass is 9.84. The Hall–Kier alpha value is -0.0400. The second kappa shape index (κ2) is 14.4. The molecule has 0 aromatic rings. The van der Waals surface area contributed by atoms with Gasteiger partial charge in [-0.05, 0) is 18.4 Å². The maximum Gasteiger partial charge on any atom is -0.00489 e. The zero-order valence-electron chi connectivity index (χ0n) is 13.9. The zero-order valence-corrected chi connectivity index (χ0v) is 13.9. The Morgan fingerprint density at radius 3 is 1.47 bits per heavy atom. The summed E-state index contributed by atoms with van der Waals surface area (Å²) in [5, 5.41) is 0. The van der Waals surface area contributed by atoms with Gasteiger partial charge in [-0.15, -0.1) is 0 Å². The van der Waals surface area contributed by atoms with Gasteiger partial charge >= 0.3 is 0 Å². The van der Waals surface area contributed by atoms with Crippen LogP contribution in [-0.2, 0) is 0 Å². The Morgan fingerprint density at radius 2 is 1.11 bits per heavy atom. The fraction of sp³-hybridized carbons (Fsp3) is 1.00. The topological polar surface area (TPSA) is 26.0 Å². The molecule has 0 saturated carbocycles. The first-order valence-corrected chi connectivity index (χ1v) is 8.96. The van der Waals surface area contributed by atoms with Crippen molar-refractivity contribution in [3.63, 3.8) is 0 Å². The van der Waals surface area contributed by atoms with E-state index >= 15 is 0 Å². The molecule has 0 heterocycles. The summed E-state index contributed by atoms with van der Waals surface area (Å²) in [4.78, 5) is 0. The highest BCUT2D eigenvalue weighted by molar-refractivity contribution is 4.68. The predicted molar refractivity (Wildman–Crippen MR) is 88.5 cm³/mol. The minimum atomic E-state index is 0.720. The summed E-state index contributed by atoms with van der Waals surface area (Å²) < 4.78 is 0. The van der Waals surface area contributed by atoms with Crippen LogP contribution in [0.3, 0.4) is 0 Å². The van der Waals surface area contributed by atoms with Crippen molar-refractivity contribution in [2.45, 2.75) is 97.8 Å². The largest absolute Gasteiger partial charge is 0.330 e. The van der Waals surface area contributed by atoms with Crippen molar-refractivity contribution in [1.29, 1.82) is 0 Å². The minimum Gasteiger partial charge on any atom is -0.330 e. The van der Waals surface area contributed by atoms with Crippen LogP contribution in [0.25, 0.3) is 0 Å². The summed E-state index contributed by atoms with van der Waals surface area (Å²) in [6.07, 6.45) is 16.9. The Bertz CT molecular complexity index is 153. The van der Waals surface area contributed by atoms with Crippen LogP contribution in [0.15, 0.2) is 0 Å². The summed E-state index contributed by atoms with van der Waals surface area (Å²) in [5.74, 6) is 1.60. The van der Waals surface area contributed by atoms with Crippen LogP contribution in [0.1, 0.15) is 97.8 Å². The average molecular weight is 270 g/mol. The normalized spacial score (nSPS) is 13.1. The van der Waals surface area contributed by atoms with Gasteiger partial charge in [0.2, 0.25) is 0 Å². The van der Waals surface area contributed by atoms with E-state index in [4.69, 9.17) is 5.73 Å². The highest BCUT2D eigenvalue weighted by atomic mass is 14.5. The first-order valence-electron chi connectivity index (χ1n) is 8.96. The number of nitrogens with two attached hydrogens (primary N) is 1. The second-order valence-corrected chi connectivity index (χ2v) is 6.38. The lowest BCUT2D eigenvalue weighted by Gasteiger charge is -2.23. The van der Waals surface area contributed by atoms with Crippen molar-refractivity contribution in [3.05, 3.63) is 0 Å². The van der Waals surface area contributed by atoms with Crippen molar-refractivity contribution in [1.82, 2.24) is 0 Å². The van der Waals surface area contributed by atoms with E-state index in [0.29, 0.717) is 0 Å². The van der Waals surface area contributed by atoms with Crippen LogP contribution in [0.2, 0.25) is 0 Å². The number of hydrogen-bond donors (Lipinski definition) is 1. The third-order valence-corrected chi connectivity index (χ3v) is 4.53. The van der Waals surface area contributed by atoms with Crippen molar-refractivity contribution in [2.24, 2.45) is 17.6 Å². The van der Waals surface area contributed by atoms with Gasteiger partial charge in [0.05, 0.1) is 0 Å². The van der Waals surface area contributed by atoms with Gasteiger partial charge in [-0.2, -0.15) is 0 Å². The lowest BCUT2D eigenvalue weighted by molar-refractivity contribution is 0.300. The van der Waals surface area contributed by atoms with Gasteiger partial charge in [0, 0.05) is 0 Å². The van der Waals surface area contributed by atoms with Gasteiger partial charge in [0.25, 0.3) is 0 Å². The van der Waals surface area contributed by atoms with Gasteiger partial charge in [-0.3, -0.25) is 0 Å². The standard InChI is InChI=1S/C18H39N/c1-4-6-8-10-12-14-18(17(3)16-19)15-13-11-9-7-5-2/h17-18H,4-16,19H2,1-3H3/t17-/m0/s1. The summed E-state index contributed by atoms with van der Waals surface area (Å²) in [6, 6.07) is 0. The third kappa shape index (κ3) is 11.5. The SMILES string of the molecule is CCCCCCCC(CCCCCCC)[C@@H](C)CN. The zero-order chi connectivity index (χ0) is 14.3. The molecule has 0 radical (unpaired) electrons. The van der Waals surface area contributed by atoms with Crippen molar-refractivity contribution < 1.29 is 0 Å². The van der Waals surface area contributed by atoms with Crippen LogP contribution in [0, 0.1) is 11.8 Å². The molecule has 0 aliphatic carbocycles. The molecule has 0 spiro atoms. The highest BCUT2D eigenvalue weighted by Gasteiger charge is 2.15. The molecule has 0 rings (SSSR count). The molecule has 0 fully saturated rings. The Morgan fingerprint density at radius 1 is 0.684 bits per heavy atom. The van der Waals surface area contributed by atoms with Crippen LogP contribution in [0.5, 0.6) is 0 Å². The molecule has 0 aliphatic heterocycles. The summed E-state index contributed by atoms with van der Waals surface area (Å²) in [5.41, 5.74) is 5.88. The minimum absolute atomic E-state index is 0.720. The summed E-state index contributed by atoms with van der Waals surface area (Å²) in [7, 11) is 0. The Labute approximate surface area is 122 Å². The lowest BCUT2D eigenvalue weighted by Crippen LogP contribution is -2.20. The molecular formula is C18H39N. The van der Waals surface area contributed by atoms with Gasteiger partial charge in [-0.25, -0.2) is 0 Å². The third-order valence-electron chi connectivity index (χ3n) is 4.53. The average Bonchev–Trinajstić information content (AvgIpc) is 2.43. The first kappa shape index (κ1) is 19.0. The van der Waals surface area contributed by atoms with E-state index in [1.807, 2.05) is 0 Å². The van der Waals surface area contributed by atoms with Crippen LogP contribution < -0.4 is 5.73 Å². The Balaban J connectivity index is 3.70. The van der Waals surface area contributed by atoms with Crippen molar-refractivity contribution >= 4 is 0 Å². The van der Waals surface area contributed by atoms with Crippen LogP contribution >= 0.6 is 0 Å². The van der Waals surface area contributed by atoms with E-state index in [0.717, 1.165) is 18.4 Å². The molecule has 1 heteroatoms. The number of rotatable bonds is 14. The van der Waals surface area contributed by atoms with E-state index in [1.54, 1.807) is 0 Å². The Kier molecular flexibility index (Phi) is 14.3. The molecule has 0 saturated heterocycles. The molecule has 0 aromatic heterocycles. The van der Waals surface area contributed by atoms with Crippen LogP contribution in [0.4, 0.5) is 0 Å².